The predicted octanol–water partition coefficient (Wildman–Crippen LogP) is -0.776. The lowest BCUT2D eigenvalue weighted by Crippen LogP contribution is -2.50. The van der Waals surface area contributed by atoms with Crippen molar-refractivity contribution in [3.63, 3.8) is 0 Å². The summed E-state index contributed by atoms with van der Waals surface area (Å²) in [6.45, 7) is 3.38. The number of hydrazine groups is 1. The molecule has 1 heterocycles. The van der Waals surface area contributed by atoms with Gasteiger partial charge in [0.05, 0.1) is 11.8 Å². The van der Waals surface area contributed by atoms with Gasteiger partial charge in [-0.25, -0.2) is 0 Å². The molecule has 0 bridgehead atoms. The summed E-state index contributed by atoms with van der Waals surface area (Å²) in [6, 6.07) is -0.204. The number of hydrogen-bond acceptors (Lipinski definition) is 5. The maximum absolute atomic E-state index is 12.3. The Morgan fingerprint density at radius 2 is 1.56 bits per heavy atom. The van der Waals surface area contributed by atoms with Crippen molar-refractivity contribution in [2.24, 2.45) is 11.8 Å². The Morgan fingerprint density at radius 1 is 1.00 bits per heavy atom. The summed E-state index contributed by atoms with van der Waals surface area (Å²) in [5.74, 6) is -3.33. The lowest BCUT2D eigenvalue weighted by Gasteiger charge is -2.19. The molecular weight excluding hydrogens is 328 g/mol. The van der Waals surface area contributed by atoms with Gasteiger partial charge in [0.1, 0.15) is 0 Å². The van der Waals surface area contributed by atoms with Crippen LogP contribution in [-0.4, -0.2) is 47.0 Å². The monoisotopic (exact) mass is 352 g/mol. The molecule has 2 fully saturated rings. The third-order valence-corrected chi connectivity index (χ3v) is 4.44. The molecule has 9 heteroatoms. The first-order valence-corrected chi connectivity index (χ1v) is 8.56. The average Bonchev–Trinajstić information content (AvgIpc) is 2.81. The van der Waals surface area contributed by atoms with E-state index in [4.69, 9.17) is 0 Å². The van der Waals surface area contributed by atoms with Crippen LogP contribution in [0.3, 0.4) is 0 Å². The number of carbonyl (C=O) groups is 5. The molecule has 138 valence electrons. The predicted molar refractivity (Wildman–Crippen MR) is 86.3 cm³/mol. The highest BCUT2D eigenvalue weighted by molar-refractivity contribution is 6.35. The van der Waals surface area contributed by atoms with Gasteiger partial charge in [-0.15, -0.1) is 0 Å². The molecule has 1 aliphatic carbocycles. The highest BCUT2D eigenvalue weighted by Crippen LogP contribution is 2.37. The number of fused-ring (bicyclic) bond motifs is 1. The Bertz CT molecular complexity index is 565. The molecule has 1 aliphatic heterocycles. The molecule has 0 aromatic carbocycles. The van der Waals surface area contributed by atoms with Crippen molar-refractivity contribution in [3.05, 3.63) is 0 Å². The van der Waals surface area contributed by atoms with Gasteiger partial charge in [0.25, 0.3) is 0 Å². The van der Waals surface area contributed by atoms with Crippen molar-refractivity contribution < 1.29 is 24.0 Å². The topological polar surface area (TPSA) is 125 Å². The van der Waals surface area contributed by atoms with Crippen LogP contribution in [0, 0.1) is 11.8 Å². The lowest BCUT2D eigenvalue weighted by atomic mass is 9.81. The SMILES string of the molecule is CC(C)NC(=O)C(=O)NNC(=O)CCN1C(=O)[C@H]2CCCC[C@H]2C1=O. The summed E-state index contributed by atoms with van der Waals surface area (Å²) in [4.78, 5) is 60.3. The van der Waals surface area contributed by atoms with E-state index >= 15 is 0 Å². The smallest absolute Gasteiger partial charge is 0.327 e. The minimum atomic E-state index is -0.985. The van der Waals surface area contributed by atoms with Gasteiger partial charge in [0, 0.05) is 19.0 Å². The molecule has 0 spiro atoms. The fourth-order valence-corrected chi connectivity index (χ4v) is 3.24. The zero-order valence-electron chi connectivity index (χ0n) is 14.5. The highest BCUT2D eigenvalue weighted by Gasteiger charge is 2.47. The number of nitrogens with zero attached hydrogens (tertiary/aromatic N) is 1. The number of amides is 5. The fourth-order valence-electron chi connectivity index (χ4n) is 3.24. The summed E-state index contributed by atoms with van der Waals surface area (Å²) in [5.41, 5.74) is 4.10. The molecule has 0 aromatic rings. The molecule has 2 atom stereocenters. The largest absolute Gasteiger partial charge is 0.346 e. The van der Waals surface area contributed by atoms with Crippen molar-refractivity contribution >= 4 is 29.5 Å². The van der Waals surface area contributed by atoms with Crippen molar-refractivity contribution in [1.29, 1.82) is 0 Å². The number of likely N-dealkylation sites (tertiary alicyclic amines) is 1. The van der Waals surface area contributed by atoms with Crippen LogP contribution in [0.15, 0.2) is 0 Å². The van der Waals surface area contributed by atoms with E-state index in [1.165, 1.54) is 0 Å². The first-order chi connectivity index (χ1) is 11.8. The van der Waals surface area contributed by atoms with Gasteiger partial charge in [0.2, 0.25) is 17.7 Å². The summed E-state index contributed by atoms with van der Waals surface area (Å²) in [7, 11) is 0. The summed E-state index contributed by atoms with van der Waals surface area (Å²) in [5, 5.41) is 2.38. The van der Waals surface area contributed by atoms with Gasteiger partial charge in [-0.3, -0.25) is 39.7 Å². The minimum absolute atomic E-state index is 0.0233. The molecule has 0 radical (unpaired) electrons. The lowest BCUT2D eigenvalue weighted by molar-refractivity contribution is -0.141. The van der Waals surface area contributed by atoms with Gasteiger partial charge in [0.15, 0.2) is 0 Å². The molecule has 3 N–H and O–H groups in total. The van der Waals surface area contributed by atoms with Crippen LogP contribution in [-0.2, 0) is 24.0 Å². The Labute approximate surface area is 145 Å². The first-order valence-electron chi connectivity index (χ1n) is 8.56. The molecule has 1 saturated carbocycles. The number of hydrogen-bond donors (Lipinski definition) is 3. The summed E-state index contributed by atoms with van der Waals surface area (Å²) in [6.07, 6.45) is 3.19. The van der Waals surface area contributed by atoms with Crippen LogP contribution in [0.1, 0.15) is 46.0 Å². The van der Waals surface area contributed by atoms with Gasteiger partial charge in [-0.05, 0) is 26.7 Å². The van der Waals surface area contributed by atoms with E-state index in [2.05, 4.69) is 10.7 Å². The molecule has 9 nitrogen and oxygen atoms in total. The van der Waals surface area contributed by atoms with Crippen LogP contribution in [0.25, 0.3) is 0 Å². The molecule has 0 aromatic heterocycles. The van der Waals surface area contributed by atoms with E-state index < -0.39 is 17.7 Å². The van der Waals surface area contributed by atoms with Crippen LogP contribution in [0.5, 0.6) is 0 Å². The van der Waals surface area contributed by atoms with Gasteiger partial charge >= 0.3 is 11.8 Å². The molecule has 0 unspecified atom stereocenters. The fraction of sp³-hybridized carbons (Fsp3) is 0.688. The van der Waals surface area contributed by atoms with Gasteiger partial charge in [-0.2, -0.15) is 0 Å². The number of nitrogens with one attached hydrogen (secondary N) is 3. The molecule has 2 aliphatic rings. The Morgan fingerprint density at radius 3 is 2.08 bits per heavy atom. The van der Waals surface area contributed by atoms with Crippen molar-refractivity contribution in [2.45, 2.75) is 52.0 Å². The number of carbonyl (C=O) groups excluding carboxylic acids is 5. The van der Waals surface area contributed by atoms with Crippen LogP contribution in [0.2, 0.25) is 0 Å². The maximum Gasteiger partial charge on any atom is 0.327 e. The quantitative estimate of drug-likeness (QED) is 0.348. The normalized spacial score (nSPS) is 22.6. The van der Waals surface area contributed by atoms with Crippen LogP contribution >= 0.6 is 0 Å². The number of imide groups is 1. The van der Waals surface area contributed by atoms with E-state index in [9.17, 15) is 24.0 Å². The van der Waals surface area contributed by atoms with Gasteiger partial charge in [-0.1, -0.05) is 12.8 Å². The summed E-state index contributed by atoms with van der Waals surface area (Å²) < 4.78 is 0. The van der Waals surface area contributed by atoms with Gasteiger partial charge < -0.3 is 5.32 Å². The van der Waals surface area contributed by atoms with E-state index in [1.54, 1.807) is 13.8 Å². The van der Waals surface area contributed by atoms with Crippen molar-refractivity contribution in [1.82, 2.24) is 21.1 Å². The maximum atomic E-state index is 12.3. The second-order valence-electron chi connectivity index (χ2n) is 6.71. The second-order valence-corrected chi connectivity index (χ2v) is 6.71. The van der Waals surface area contributed by atoms with E-state index in [0.717, 1.165) is 30.6 Å². The highest BCUT2D eigenvalue weighted by atomic mass is 16.2. The van der Waals surface area contributed by atoms with Crippen molar-refractivity contribution in [3.8, 4) is 0 Å². The molecule has 2 rings (SSSR count). The van der Waals surface area contributed by atoms with Crippen LogP contribution in [0.4, 0.5) is 0 Å². The van der Waals surface area contributed by atoms with E-state index in [-0.39, 0.29) is 42.7 Å². The Kier molecular flexibility index (Phi) is 6.11. The first kappa shape index (κ1) is 18.9. The number of rotatable bonds is 4. The molecule has 25 heavy (non-hydrogen) atoms. The third-order valence-electron chi connectivity index (χ3n) is 4.44. The second kappa shape index (κ2) is 8.09. The average molecular weight is 352 g/mol. The molecular formula is C16H24N4O5. The third kappa shape index (κ3) is 4.55. The zero-order valence-corrected chi connectivity index (χ0v) is 14.5. The molecule has 5 amide bonds. The standard InChI is InChI=1S/C16H24N4O5/c1-9(2)17-13(22)14(23)19-18-12(21)7-8-20-15(24)10-5-3-4-6-11(10)16(20)25/h9-11H,3-8H2,1-2H3,(H,17,22)(H,18,21)(H,19,23)/t10-,11+. The van der Waals surface area contributed by atoms with Crippen molar-refractivity contribution in [2.75, 3.05) is 6.54 Å². The Hall–Kier alpha value is -2.45. The summed E-state index contributed by atoms with van der Waals surface area (Å²) >= 11 is 0. The zero-order chi connectivity index (χ0) is 18.6. The van der Waals surface area contributed by atoms with E-state index in [0.29, 0.717) is 0 Å². The molecule has 1 saturated heterocycles. The Balaban J connectivity index is 1.76. The van der Waals surface area contributed by atoms with E-state index in [1.807, 2.05) is 5.43 Å². The minimum Gasteiger partial charge on any atom is -0.346 e. The van der Waals surface area contributed by atoms with Crippen LogP contribution < -0.4 is 16.2 Å².